The second-order valence-corrected chi connectivity index (χ2v) is 7.13. The Hall–Kier alpha value is -3.81. The molecule has 0 amide bonds. The van der Waals surface area contributed by atoms with Gasteiger partial charge >= 0.3 is 0 Å². The van der Waals surface area contributed by atoms with Crippen molar-refractivity contribution in [1.82, 2.24) is 20.2 Å². The first-order chi connectivity index (χ1) is 15.1. The van der Waals surface area contributed by atoms with Crippen molar-refractivity contribution < 1.29 is 8.78 Å². The van der Waals surface area contributed by atoms with Crippen molar-refractivity contribution in [2.45, 2.75) is 25.7 Å². The molecule has 1 saturated carbocycles. The van der Waals surface area contributed by atoms with Crippen molar-refractivity contribution in [2.24, 2.45) is 4.99 Å². The summed E-state index contributed by atoms with van der Waals surface area (Å²) < 4.78 is 28.9. The molecule has 4 rings (SSSR count). The van der Waals surface area contributed by atoms with Crippen LogP contribution in [0.2, 0.25) is 0 Å². The van der Waals surface area contributed by atoms with E-state index in [0.29, 0.717) is 11.6 Å². The maximum absolute atomic E-state index is 14.6. The maximum Gasteiger partial charge on any atom is 0.247 e. The molecule has 3 aromatic rings. The summed E-state index contributed by atoms with van der Waals surface area (Å²) in [5.41, 5.74) is 2.25. The molecule has 2 aromatic heterocycles. The van der Waals surface area contributed by atoms with Gasteiger partial charge in [0.2, 0.25) is 5.95 Å². The van der Waals surface area contributed by atoms with E-state index in [0.717, 1.165) is 5.69 Å². The van der Waals surface area contributed by atoms with Gasteiger partial charge in [-0.3, -0.25) is 9.98 Å². The van der Waals surface area contributed by atoms with Crippen LogP contribution >= 0.6 is 0 Å². The number of aliphatic imine (C=N–C) groups is 1. The van der Waals surface area contributed by atoms with E-state index in [2.05, 4.69) is 37.2 Å². The van der Waals surface area contributed by atoms with Crippen molar-refractivity contribution in [1.29, 1.82) is 0 Å². The van der Waals surface area contributed by atoms with E-state index < -0.39 is 11.6 Å². The molecule has 2 heterocycles. The quantitative estimate of drug-likeness (QED) is 0.399. The summed E-state index contributed by atoms with van der Waals surface area (Å²) in [6, 6.07) is 9.94. The topological polar surface area (TPSA) is 76.0 Å². The minimum atomic E-state index is -0.533. The molecule has 1 aliphatic rings. The molecule has 0 radical (unpaired) electrons. The minimum Gasteiger partial charge on any atom is -0.321 e. The third-order valence-electron chi connectivity index (χ3n) is 4.83. The third kappa shape index (κ3) is 4.69. The lowest BCUT2D eigenvalue weighted by Crippen LogP contribution is -2.06. The molecule has 0 spiro atoms. The van der Waals surface area contributed by atoms with Crippen LogP contribution < -0.4 is 5.32 Å². The van der Waals surface area contributed by atoms with Crippen LogP contribution in [0, 0.1) is 5.82 Å². The zero-order valence-electron chi connectivity index (χ0n) is 16.9. The van der Waals surface area contributed by atoms with Gasteiger partial charge in [-0.2, -0.15) is 0 Å². The van der Waals surface area contributed by atoms with Crippen LogP contribution in [-0.4, -0.2) is 26.9 Å². The molecule has 0 unspecified atom stereocenters. The standard InChI is InChI=1S/C23H20F2N6/c1-14(24)17(11-12-26-2)22-21(18-5-3-4-6-19(18)25)29-23(31-30-22)28-16-9-10-20(27-13-16)15-7-8-15/h3-6,9-13,15H,2,7-8H2,1H3,(H,28,29,31)/b12-11-,17-14-. The van der Waals surface area contributed by atoms with Crippen molar-refractivity contribution in [3.8, 4) is 11.3 Å². The molecule has 1 fully saturated rings. The zero-order valence-corrected chi connectivity index (χ0v) is 16.9. The van der Waals surface area contributed by atoms with Gasteiger partial charge in [0, 0.05) is 28.9 Å². The van der Waals surface area contributed by atoms with Crippen LogP contribution in [-0.2, 0) is 0 Å². The molecule has 0 bridgehead atoms. The van der Waals surface area contributed by atoms with Gasteiger partial charge in [-0.15, -0.1) is 10.2 Å². The Morgan fingerprint density at radius 1 is 1.19 bits per heavy atom. The van der Waals surface area contributed by atoms with Gasteiger partial charge < -0.3 is 5.32 Å². The molecule has 0 saturated heterocycles. The number of nitrogens with zero attached hydrogens (tertiary/aromatic N) is 5. The SMILES string of the molecule is C=N/C=C\C(=C(/C)F)c1nnc(Nc2ccc(C3CC3)nc2)nc1-c1ccccc1F. The Balaban J connectivity index is 1.76. The van der Waals surface area contributed by atoms with Gasteiger partial charge in [-0.1, -0.05) is 12.1 Å². The fraction of sp³-hybridized carbons (Fsp3) is 0.174. The van der Waals surface area contributed by atoms with Crippen LogP contribution in [0.4, 0.5) is 20.4 Å². The Bertz CT molecular complexity index is 1160. The predicted molar refractivity (Wildman–Crippen MR) is 117 cm³/mol. The lowest BCUT2D eigenvalue weighted by Gasteiger charge is -2.12. The number of benzene rings is 1. The molecule has 0 atom stereocenters. The Kier molecular flexibility index (Phi) is 5.88. The average Bonchev–Trinajstić information content (AvgIpc) is 3.61. The maximum atomic E-state index is 14.6. The number of allylic oxidation sites excluding steroid dienone is 3. The summed E-state index contributed by atoms with van der Waals surface area (Å²) in [6.45, 7) is 4.63. The highest BCUT2D eigenvalue weighted by atomic mass is 19.1. The lowest BCUT2D eigenvalue weighted by molar-refractivity contribution is 0.630. The minimum absolute atomic E-state index is 0.0904. The van der Waals surface area contributed by atoms with E-state index in [1.54, 1.807) is 24.4 Å². The first-order valence-corrected chi connectivity index (χ1v) is 9.78. The number of anilines is 2. The summed E-state index contributed by atoms with van der Waals surface area (Å²) >= 11 is 0. The molecule has 1 aromatic carbocycles. The molecule has 1 N–H and O–H groups in total. The fourth-order valence-electron chi connectivity index (χ4n) is 3.11. The summed E-state index contributed by atoms with van der Waals surface area (Å²) in [5.74, 6) is -0.350. The Morgan fingerprint density at radius 3 is 2.65 bits per heavy atom. The van der Waals surface area contributed by atoms with Crippen molar-refractivity contribution in [2.75, 3.05) is 5.32 Å². The third-order valence-corrected chi connectivity index (χ3v) is 4.83. The summed E-state index contributed by atoms with van der Waals surface area (Å²) in [5, 5.41) is 11.2. The van der Waals surface area contributed by atoms with Gasteiger partial charge in [-0.05, 0) is 56.8 Å². The number of hydrogen-bond donors (Lipinski definition) is 1. The number of hydrogen-bond acceptors (Lipinski definition) is 6. The second-order valence-electron chi connectivity index (χ2n) is 7.13. The number of pyridine rings is 1. The highest BCUT2D eigenvalue weighted by Gasteiger charge is 2.24. The Labute approximate surface area is 178 Å². The molecule has 1 aliphatic carbocycles. The summed E-state index contributed by atoms with van der Waals surface area (Å²) in [7, 11) is 0. The van der Waals surface area contributed by atoms with Gasteiger partial charge in [0.25, 0.3) is 0 Å². The molecule has 6 nitrogen and oxygen atoms in total. The van der Waals surface area contributed by atoms with E-state index in [1.807, 2.05) is 12.1 Å². The van der Waals surface area contributed by atoms with Crippen molar-refractivity contribution in [3.63, 3.8) is 0 Å². The van der Waals surface area contributed by atoms with E-state index in [1.165, 1.54) is 38.1 Å². The molecule has 31 heavy (non-hydrogen) atoms. The van der Waals surface area contributed by atoms with Gasteiger partial charge in [-0.25, -0.2) is 13.8 Å². The monoisotopic (exact) mass is 418 g/mol. The van der Waals surface area contributed by atoms with Crippen LogP contribution in [0.25, 0.3) is 16.8 Å². The normalized spacial score (nSPS) is 14.4. The smallest absolute Gasteiger partial charge is 0.247 e. The molecular formula is C23H20F2N6. The van der Waals surface area contributed by atoms with Crippen molar-refractivity contribution >= 4 is 23.9 Å². The first kappa shape index (κ1) is 20.5. The van der Waals surface area contributed by atoms with Crippen LogP contribution in [0.1, 0.15) is 37.1 Å². The summed E-state index contributed by atoms with van der Waals surface area (Å²) in [4.78, 5) is 12.5. The molecule has 8 heteroatoms. The number of nitrogens with one attached hydrogen (secondary N) is 1. The van der Waals surface area contributed by atoms with Crippen molar-refractivity contribution in [3.05, 3.63) is 77.9 Å². The second kappa shape index (κ2) is 8.91. The highest BCUT2D eigenvalue weighted by molar-refractivity contribution is 5.82. The first-order valence-electron chi connectivity index (χ1n) is 9.78. The lowest BCUT2D eigenvalue weighted by atomic mass is 10.0. The molecular weight excluding hydrogens is 398 g/mol. The van der Waals surface area contributed by atoms with Gasteiger partial charge in [0.15, 0.2) is 0 Å². The van der Waals surface area contributed by atoms with Gasteiger partial charge in [0.1, 0.15) is 23.0 Å². The van der Waals surface area contributed by atoms with E-state index in [4.69, 9.17) is 0 Å². The van der Waals surface area contributed by atoms with E-state index in [9.17, 15) is 8.78 Å². The number of halogens is 2. The van der Waals surface area contributed by atoms with Crippen LogP contribution in [0.3, 0.4) is 0 Å². The van der Waals surface area contributed by atoms with E-state index in [-0.39, 0.29) is 28.5 Å². The largest absolute Gasteiger partial charge is 0.321 e. The van der Waals surface area contributed by atoms with Crippen LogP contribution in [0.5, 0.6) is 0 Å². The summed E-state index contributed by atoms with van der Waals surface area (Å²) in [6.07, 6.45) is 6.75. The van der Waals surface area contributed by atoms with E-state index >= 15 is 0 Å². The fourth-order valence-corrected chi connectivity index (χ4v) is 3.11. The predicted octanol–water partition coefficient (Wildman–Crippen LogP) is 5.61. The average molecular weight is 418 g/mol. The molecule has 156 valence electrons. The number of aromatic nitrogens is 4. The highest BCUT2D eigenvalue weighted by Crippen LogP contribution is 2.39. The Morgan fingerprint density at radius 2 is 2.00 bits per heavy atom. The number of rotatable bonds is 7. The molecule has 0 aliphatic heterocycles. The van der Waals surface area contributed by atoms with Crippen LogP contribution in [0.15, 0.2) is 65.7 Å². The van der Waals surface area contributed by atoms with Gasteiger partial charge in [0.05, 0.1) is 11.9 Å². The zero-order chi connectivity index (χ0) is 21.8.